The van der Waals surface area contributed by atoms with Gasteiger partial charge in [-0.3, -0.25) is 4.79 Å². The number of fused-ring (bicyclic) bond motifs is 1. The number of allylic oxidation sites excluding steroid dienone is 5. The Kier molecular flexibility index (Phi) is 4.86. The molecular formula is C22H26O2. The fourth-order valence-corrected chi connectivity index (χ4v) is 4.38. The van der Waals surface area contributed by atoms with Gasteiger partial charge in [0.2, 0.25) is 0 Å². The second kappa shape index (κ2) is 6.90. The Hall–Kier alpha value is -1.93. The van der Waals surface area contributed by atoms with E-state index in [-0.39, 0.29) is 11.2 Å². The SMILES string of the molecule is C/C=C/C=C1\C[C@@]2(Cc3ccccc3)C(=C(C)C1=O)CCC[C@@H]2O. The molecule has 1 fully saturated rings. The standard InChI is InChI=1S/C22H26O2/c1-3-4-11-18-15-22(14-17-9-6-5-7-10-17)19(16(2)21(18)24)12-8-13-20(22)23/h3-7,9-11,20,23H,8,12-15H2,1-2H3/b4-3+,18-11+/t20-,22-/m0/s1. The highest BCUT2D eigenvalue weighted by atomic mass is 16.3. The van der Waals surface area contributed by atoms with Crippen LogP contribution in [0.3, 0.4) is 0 Å². The van der Waals surface area contributed by atoms with Crippen molar-refractivity contribution < 1.29 is 9.90 Å². The molecule has 0 aliphatic heterocycles. The fourth-order valence-electron chi connectivity index (χ4n) is 4.38. The van der Waals surface area contributed by atoms with Gasteiger partial charge in [-0.15, -0.1) is 0 Å². The molecular weight excluding hydrogens is 296 g/mol. The topological polar surface area (TPSA) is 37.3 Å². The second-order valence-corrected chi connectivity index (χ2v) is 7.05. The van der Waals surface area contributed by atoms with Crippen LogP contribution in [0, 0.1) is 5.41 Å². The van der Waals surface area contributed by atoms with Gasteiger partial charge in [0, 0.05) is 11.0 Å². The van der Waals surface area contributed by atoms with Crippen molar-refractivity contribution >= 4 is 5.78 Å². The molecule has 1 saturated carbocycles. The second-order valence-electron chi connectivity index (χ2n) is 7.05. The first-order valence-electron chi connectivity index (χ1n) is 8.87. The highest BCUT2D eigenvalue weighted by molar-refractivity contribution is 6.09. The van der Waals surface area contributed by atoms with Gasteiger partial charge in [0.25, 0.3) is 0 Å². The van der Waals surface area contributed by atoms with Gasteiger partial charge in [-0.05, 0) is 57.1 Å². The van der Waals surface area contributed by atoms with Gasteiger partial charge in [0.15, 0.2) is 5.78 Å². The first-order chi connectivity index (χ1) is 11.6. The van der Waals surface area contributed by atoms with Crippen molar-refractivity contribution in [1.29, 1.82) is 0 Å². The van der Waals surface area contributed by atoms with E-state index in [1.165, 1.54) is 11.1 Å². The summed E-state index contributed by atoms with van der Waals surface area (Å²) in [6.45, 7) is 3.89. The van der Waals surface area contributed by atoms with E-state index in [9.17, 15) is 9.90 Å². The molecule has 2 heteroatoms. The van der Waals surface area contributed by atoms with Crippen LogP contribution in [-0.4, -0.2) is 17.0 Å². The molecule has 0 amide bonds. The van der Waals surface area contributed by atoms with Crippen LogP contribution in [0.1, 0.15) is 45.1 Å². The molecule has 0 radical (unpaired) electrons. The molecule has 126 valence electrons. The minimum atomic E-state index is -0.390. The highest BCUT2D eigenvalue weighted by Gasteiger charge is 2.48. The maximum Gasteiger partial charge on any atom is 0.184 e. The molecule has 0 unspecified atom stereocenters. The van der Waals surface area contributed by atoms with Crippen LogP contribution >= 0.6 is 0 Å². The molecule has 0 bridgehead atoms. The van der Waals surface area contributed by atoms with Crippen molar-refractivity contribution in [1.82, 2.24) is 0 Å². The number of rotatable bonds is 3. The molecule has 0 aromatic heterocycles. The summed E-state index contributed by atoms with van der Waals surface area (Å²) in [6, 6.07) is 10.3. The van der Waals surface area contributed by atoms with E-state index in [1.807, 2.05) is 50.3 Å². The third kappa shape index (κ3) is 2.91. The van der Waals surface area contributed by atoms with Gasteiger partial charge in [-0.25, -0.2) is 0 Å². The zero-order valence-corrected chi connectivity index (χ0v) is 14.6. The van der Waals surface area contributed by atoms with E-state index in [1.54, 1.807) is 0 Å². The Morgan fingerprint density at radius 1 is 1.29 bits per heavy atom. The Labute approximate surface area is 144 Å². The summed E-state index contributed by atoms with van der Waals surface area (Å²) in [5, 5.41) is 11.0. The van der Waals surface area contributed by atoms with Gasteiger partial charge in [0.05, 0.1) is 6.10 Å². The van der Waals surface area contributed by atoms with Crippen LogP contribution in [0.25, 0.3) is 0 Å². The number of carbonyl (C=O) groups is 1. The van der Waals surface area contributed by atoms with Gasteiger partial charge in [-0.1, -0.05) is 54.1 Å². The predicted molar refractivity (Wildman–Crippen MR) is 97.7 cm³/mol. The van der Waals surface area contributed by atoms with Crippen LogP contribution in [0.2, 0.25) is 0 Å². The number of carbonyl (C=O) groups excluding carboxylic acids is 1. The number of aliphatic hydroxyl groups is 1. The van der Waals surface area contributed by atoms with Crippen molar-refractivity contribution in [2.75, 3.05) is 0 Å². The molecule has 24 heavy (non-hydrogen) atoms. The molecule has 2 atom stereocenters. The summed E-state index contributed by atoms with van der Waals surface area (Å²) in [4.78, 5) is 12.7. The van der Waals surface area contributed by atoms with Crippen molar-refractivity contribution in [3.8, 4) is 0 Å². The van der Waals surface area contributed by atoms with Gasteiger partial charge in [-0.2, -0.15) is 0 Å². The third-order valence-electron chi connectivity index (χ3n) is 5.59. The van der Waals surface area contributed by atoms with E-state index in [4.69, 9.17) is 0 Å². The predicted octanol–water partition coefficient (Wildman–Crippen LogP) is 4.55. The Morgan fingerprint density at radius 3 is 2.75 bits per heavy atom. The van der Waals surface area contributed by atoms with Crippen LogP contribution in [-0.2, 0) is 11.2 Å². The van der Waals surface area contributed by atoms with E-state index in [0.29, 0.717) is 6.42 Å². The first-order valence-corrected chi connectivity index (χ1v) is 8.87. The van der Waals surface area contributed by atoms with Crippen LogP contribution in [0.4, 0.5) is 0 Å². The lowest BCUT2D eigenvalue weighted by Gasteiger charge is -2.47. The fraction of sp³-hybridized carbons (Fsp3) is 0.409. The zero-order chi connectivity index (χ0) is 17.2. The molecule has 0 heterocycles. The summed E-state index contributed by atoms with van der Waals surface area (Å²) in [6.07, 6.45) is 9.54. The molecule has 3 rings (SSSR count). The van der Waals surface area contributed by atoms with Crippen molar-refractivity contribution in [2.45, 2.75) is 52.1 Å². The number of hydrogen-bond acceptors (Lipinski definition) is 2. The number of benzene rings is 1. The first kappa shape index (κ1) is 16.9. The molecule has 0 saturated heterocycles. The number of aliphatic hydroxyl groups excluding tert-OH is 1. The average molecular weight is 322 g/mol. The average Bonchev–Trinajstić information content (AvgIpc) is 2.59. The van der Waals surface area contributed by atoms with Crippen molar-refractivity contribution in [2.24, 2.45) is 5.41 Å². The summed E-state index contributed by atoms with van der Waals surface area (Å²) < 4.78 is 0. The van der Waals surface area contributed by atoms with Crippen molar-refractivity contribution in [3.63, 3.8) is 0 Å². The molecule has 2 nitrogen and oxygen atoms in total. The van der Waals surface area contributed by atoms with E-state index >= 15 is 0 Å². The Bertz CT molecular complexity index is 709. The van der Waals surface area contributed by atoms with Crippen LogP contribution in [0.15, 0.2) is 65.3 Å². The maximum absolute atomic E-state index is 12.7. The van der Waals surface area contributed by atoms with E-state index in [2.05, 4.69) is 12.1 Å². The lowest BCUT2D eigenvalue weighted by molar-refractivity contribution is -0.113. The third-order valence-corrected chi connectivity index (χ3v) is 5.59. The molecule has 1 N–H and O–H groups in total. The van der Waals surface area contributed by atoms with E-state index in [0.717, 1.165) is 36.8 Å². The van der Waals surface area contributed by atoms with Gasteiger partial charge in [0.1, 0.15) is 0 Å². The van der Waals surface area contributed by atoms with Crippen LogP contribution in [0.5, 0.6) is 0 Å². The van der Waals surface area contributed by atoms with Gasteiger partial charge >= 0.3 is 0 Å². The number of Topliss-reactive ketones (excluding diaryl/α,β-unsaturated/α-hetero) is 1. The minimum absolute atomic E-state index is 0.154. The maximum atomic E-state index is 12.7. The lowest BCUT2D eigenvalue weighted by atomic mass is 9.57. The number of hydrogen-bond donors (Lipinski definition) is 1. The van der Waals surface area contributed by atoms with E-state index < -0.39 is 6.10 Å². The van der Waals surface area contributed by atoms with Crippen molar-refractivity contribution in [3.05, 3.63) is 70.8 Å². The minimum Gasteiger partial charge on any atom is -0.392 e. The quantitative estimate of drug-likeness (QED) is 0.829. The lowest BCUT2D eigenvalue weighted by Crippen LogP contribution is -2.46. The summed E-state index contributed by atoms with van der Waals surface area (Å²) in [5.74, 6) is 0.154. The monoisotopic (exact) mass is 322 g/mol. The molecule has 1 aromatic carbocycles. The largest absolute Gasteiger partial charge is 0.392 e. The summed E-state index contributed by atoms with van der Waals surface area (Å²) in [7, 11) is 0. The number of ketones is 1. The normalized spacial score (nSPS) is 29.4. The van der Waals surface area contributed by atoms with Crippen LogP contribution < -0.4 is 0 Å². The smallest absolute Gasteiger partial charge is 0.184 e. The van der Waals surface area contributed by atoms with Gasteiger partial charge < -0.3 is 5.11 Å². The zero-order valence-electron chi connectivity index (χ0n) is 14.6. The highest BCUT2D eigenvalue weighted by Crippen LogP contribution is 2.52. The molecule has 0 spiro atoms. The summed E-state index contributed by atoms with van der Waals surface area (Å²) >= 11 is 0. The Balaban J connectivity index is 2.10. The molecule has 1 aromatic rings. The Morgan fingerprint density at radius 2 is 2.04 bits per heavy atom. The molecule has 2 aliphatic rings. The summed E-state index contributed by atoms with van der Waals surface area (Å²) in [5.41, 5.74) is 3.76. The molecule has 2 aliphatic carbocycles.